The zero-order valence-corrected chi connectivity index (χ0v) is 12.7. The van der Waals surface area contributed by atoms with Crippen LogP contribution in [0.4, 0.5) is 0 Å². The van der Waals surface area contributed by atoms with Gasteiger partial charge in [-0.05, 0) is 49.4 Å². The molecule has 0 aliphatic carbocycles. The summed E-state index contributed by atoms with van der Waals surface area (Å²) in [5, 5.41) is 3.45. The van der Waals surface area contributed by atoms with Crippen LogP contribution < -0.4 is 5.32 Å². The minimum absolute atomic E-state index is 0.341. The molecule has 2 unspecified atom stereocenters. The van der Waals surface area contributed by atoms with Crippen LogP contribution in [-0.2, 0) is 16.4 Å². The van der Waals surface area contributed by atoms with Crippen LogP contribution in [0.3, 0.4) is 0 Å². The van der Waals surface area contributed by atoms with Crippen molar-refractivity contribution < 1.29 is 8.42 Å². The summed E-state index contributed by atoms with van der Waals surface area (Å²) in [5.74, 6) is 0.480. The normalized spacial score (nSPS) is 27.4. The first-order valence-corrected chi connectivity index (χ1v) is 8.87. The molecule has 1 aromatic carbocycles. The Labute approximate surface area is 121 Å². The number of nitrogens with zero attached hydrogens (tertiary/aromatic N) is 1. The van der Waals surface area contributed by atoms with Crippen molar-refractivity contribution in [1.29, 1.82) is 0 Å². The van der Waals surface area contributed by atoms with Crippen molar-refractivity contribution in [1.82, 2.24) is 9.62 Å². The number of piperidine rings is 1. The number of sulfonamides is 1. The first kappa shape index (κ1) is 14.0. The number of benzene rings is 1. The summed E-state index contributed by atoms with van der Waals surface area (Å²) in [6.45, 7) is 4.36. The molecule has 1 aromatic rings. The SMILES string of the molecule is CCc1ccc(S(=O)(=O)N2CC3CCCNC3C2)cc1. The Morgan fingerprint density at radius 1 is 1.25 bits per heavy atom. The van der Waals surface area contributed by atoms with E-state index in [0.717, 1.165) is 25.8 Å². The molecule has 2 aliphatic rings. The molecule has 20 heavy (non-hydrogen) atoms. The van der Waals surface area contributed by atoms with Gasteiger partial charge in [-0.3, -0.25) is 0 Å². The van der Waals surface area contributed by atoms with Gasteiger partial charge in [-0.1, -0.05) is 19.1 Å². The third-order valence-electron chi connectivity index (χ3n) is 4.54. The topological polar surface area (TPSA) is 49.4 Å². The van der Waals surface area contributed by atoms with Gasteiger partial charge in [-0.2, -0.15) is 4.31 Å². The molecule has 2 aliphatic heterocycles. The van der Waals surface area contributed by atoms with E-state index in [9.17, 15) is 8.42 Å². The van der Waals surface area contributed by atoms with Crippen LogP contribution in [0, 0.1) is 5.92 Å². The molecule has 5 heteroatoms. The van der Waals surface area contributed by atoms with Crippen LogP contribution in [0.5, 0.6) is 0 Å². The van der Waals surface area contributed by atoms with Gasteiger partial charge in [-0.25, -0.2) is 8.42 Å². The highest BCUT2D eigenvalue weighted by atomic mass is 32.2. The van der Waals surface area contributed by atoms with Crippen LogP contribution >= 0.6 is 0 Å². The maximum Gasteiger partial charge on any atom is 0.243 e. The van der Waals surface area contributed by atoms with Gasteiger partial charge >= 0.3 is 0 Å². The van der Waals surface area contributed by atoms with E-state index in [1.54, 1.807) is 16.4 Å². The minimum Gasteiger partial charge on any atom is -0.312 e. The highest BCUT2D eigenvalue weighted by molar-refractivity contribution is 7.89. The second kappa shape index (κ2) is 5.47. The molecule has 0 spiro atoms. The average Bonchev–Trinajstić information content (AvgIpc) is 2.92. The van der Waals surface area contributed by atoms with Crippen LogP contribution in [-0.4, -0.2) is 38.4 Å². The van der Waals surface area contributed by atoms with Gasteiger partial charge in [0.1, 0.15) is 0 Å². The lowest BCUT2D eigenvalue weighted by Gasteiger charge is -2.24. The largest absolute Gasteiger partial charge is 0.312 e. The first-order chi connectivity index (χ1) is 9.61. The van der Waals surface area contributed by atoms with E-state index >= 15 is 0 Å². The smallest absolute Gasteiger partial charge is 0.243 e. The minimum atomic E-state index is -3.33. The van der Waals surface area contributed by atoms with Crippen molar-refractivity contribution in [2.24, 2.45) is 5.92 Å². The fourth-order valence-corrected chi connectivity index (χ4v) is 4.77. The molecule has 0 aromatic heterocycles. The van der Waals surface area contributed by atoms with Crippen molar-refractivity contribution in [3.05, 3.63) is 29.8 Å². The third kappa shape index (κ3) is 2.50. The Kier molecular flexibility index (Phi) is 3.84. The molecule has 2 fully saturated rings. The van der Waals surface area contributed by atoms with Crippen molar-refractivity contribution in [2.45, 2.75) is 37.1 Å². The van der Waals surface area contributed by atoms with Crippen LogP contribution in [0.25, 0.3) is 0 Å². The van der Waals surface area contributed by atoms with Gasteiger partial charge in [0.25, 0.3) is 0 Å². The quantitative estimate of drug-likeness (QED) is 0.921. The van der Waals surface area contributed by atoms with E-state index in [1.807, 2.05) is 12.1 Å². The predicted octanol–water partition coefficient (Wildman–Crippen LogP) is 1.62. The first-order valence-electron chi connectivity index (χ1n) is 7.43. The van der Waals surface area contributed by atoms with E-state index in [4.69, 9.17) is 0 Å². The third-order valence-corrected chi connectivity index (χ3v) is 6.38. The molecular formula is C15H22N2O2S. The Hall–Kier alpha value is -0.910. The maximum absolute atomic E-state index is 12.7. The average molecular weight is 294 g/mol. The van der Waals surface area contributed by atoms with E-state index in [-0.39, 0.29) is 0 Å². The van der Waals surface area contributed by atoms with Crippen molar-refractivity contribution in [3.63, 3.8) is 0 Å². The van der Waals surface area contributed by atoms with E-state index in [0.29, 0.717) is 29.9 Å². The number of hydrogen-bond acceptors (Lipinski definition) is 3. The zero-order chi connectivity index (χ0) is 14.2. The predicted molar refractivity (Wildman–Crippen MR) is 79.1 cm³/mol. The van der Waals surface area contributed by atoms with Crippen LogP contribution in [0.1, 0.15) is 25.3 Å². The molecule has 3 rings (SSSR count). The highest BCUT2D eigenvalue weighted by Crippen LogP contribution is 2.29. The number of nitrogens with one attached hydrogen (secondary N) is 1. The van der Waals surface area contributed by atoms with Crippen molar-refractivity contribution in [2.75, 3.05) is 19.6 Å². The summed E-state index contributed by atoms with van der Waals surface area (Å²) in [4.78, 5) is 0.424. The number of fused-ring (bicyclic) bond motifs is 1. The van der Waals surface area contributed by atoms with Crippen molar-refractivity contribution in [3.8, 4) is 0 Å². The molecule has 2 atom stereocenters. The summed E-state index contributed by atoms with van der Waals surface area (Å²) < 4.78 is 27.0. The molecule has 4 nitrogen and oxygen atoms in total. The summed E-state index contributed by atoms with van der Waals surface area (Å²) >= 11 is 0. The Morgan fingerprint density at radius 2 is 2.00 bits per heavy atom. The molecule has 0 saturated carbocycles. The lowest BCUT2D eigenvalue weighted by atomic mass is 9.94. The molecule has 0 bridgehead atoms. The lowest BCUT2D eigenvalue weighted by molar-refractivity contribution is 0.339. The van der Waals surface area contributed by atoms with Crippen LogP contribution in [0.2, 0.25) is 0 Å². The lowest BCUT2D eigenvalue weighted by Crippen LogP contribution is -2.41. The van der Waals surface area contributed by atoms with Gasteiger partial charge < -0.3 is 5.32 Å². The molecular weight excluding hydrogens is 272 g/mol. The van der Waals surface area contributed by atoms with Gasteiger partial charge in [0.05, 0.1) is 4.90 Å². The van der Waals surface area contributed by atoms with Gasteiger partial charge in [0, 0.05) is 19.1 Å². The van der Waals surface area contributed by atoms with Crippen molar-refractivity contribution >= 4 is 10.0 Å². The monoisotopic (exact) mass is 294 g/mol. The fraction of sp³-hybridized carbons (Fsp3) is 0.600. The second-order valence-electron chi connectivity index (χ2n) is 5.78. The van der Waals surface area contributed by atoms with Gasteiger partial charge in [-0.15, -0.1) is 0 Å². The van der Waals surface area contributed by atoms with Gasteiger partial charge in [0.2, 0.25) is 10.0 Å². The zero-order valence-electron chi connectivity index (χ0n) is 11.9. The summed E-state index contributed by atoms with van der Waals surface area (Å²) in [7, 11) is -3.33. The van der Waals surface area contributed by atoms with Crippen LogP contribution in [0.15, 0.2) is 29.2 Å². The Balaban J connectivity index is 1.81. The van der Waals surface area contributed by atoms with E-state index in [1.165, 1.54) is 5.56 Å². The highest BCUT2D eigenvalue weighted by Gasteiger charge is 2.40. The molecule has 2 heterocycles. The molecule has 0 radical (unpaired) electrons. The number of aryl methyl sites for hydroxylation is 1. The van der Waals surface area contributed by atoms with Gasteiger partial charge in [0.15, 0.2) is 0 Å². The standard InChI is InChI=1S/C15H22N2O2S/c1-2-12-5-7-14(8-6-12)20(18,19)17-10-13-4-3-9-16-15(13)11-17/h5-8,13,15-16H,2-4,9-11H2,1H3. The summed E-state index contributed by atoms with van der Waals surface area (Å²) in [6, 6.07) is 7.64. The molecule has 2 saturated heterocycles. The molecule has 0 amide bonds. The summed E-state index contributed by atoms with van der Waals surface area (Å²) in [5.41, 5.74) is 1.17. The maximum atomic E-state index is 12.7. The second-order valence-corrected chi connectivity index (χ2v) is 7.72. The number of rotatable bonds is 3. The number of hydrogen-bond donors (Lipinski definition) is 1. The van der Waals surface area contributed by atoms with E-state index < -0.39 is 10.0 Å². The van der Waals surface area contributed by atoms with E-state index in [2.05, 4.69) is 12.2 Å². The Bertz CT molecular complexity index is 554. The fourth-order valence-electron chi connectivity index (χ4n) is 3.25. The molecule has 1 N–H and O–H groups in total. The Morgan fingerprint density at radius 3 is 2.65 bits per heavy atom. The molecule has 110 valence electrons. The summed E-state index contributed by atoms with van der Waals surface area (Å²) in [6.07, 6.45) is 3.22.